The molecule has 0 bridgehead atoms. The summed E-state index contributed by atoms with van der Waals surface area (Å²) in [5.74, 6) is 1.23. The van der Waals surface area contributed by atoms with Crippen molar-refractivity contribution in [1.82, 2.24) is 19.5 Å². The average molecular weight is 273 g/mol. The number of pyridine rings is 2. The first-order chi connectivity index (χ1) is 9.28. The zero-order chi connectivity index (χ0) is 13.2. The van der Waals surface area contributed by atoms with Gasteiger partial charge in [0.2, 0.25) is 0 Å². The fourth-order valence-corrected chi connectivity index (χ4v) is 2.29. The molecule has 4 nitrogen and oxygen atoms in total. The first-order valence-corrected chi connectivity index (χ1v) is 6.58. The van der Waals surface area contributed by atoms with Crippen LogP contribution in [0.4, 0.5) is 0 Å². The Bertz CT molecular complexity index is 703. The Morgan fingerprint density at radius 2 is 2.11 bits per heavy atom. The standard InChI is InChI=1S/C14H13ClN4/c1-10-2-3-11(7-17-10)9-19-13-4-5-16-8-12(13)18-14(19)6-15/h2-5,7-8H,6,9H2,1H3. The molecule has 0 aromatic carbocycles. The Labute approximate surface area is 116 Å². The van der Waals surface area contributed by atoms with Crippen LogP contribution in [-0.2, 0) is 12.4 Å². The predicted octanol–water partition coefficient (Wildman–Crippen LogP) is 2.92. The molecular formula is C14H13ClN4. The van der Waals surface area contributed by atoms with Gasteiger partial charge in [0.05, 0.1) is 24.1 Å². The Balaban J connectivity index is 2.06. The van der Waals surface area contributed by atoms with Crippen LogP contribution in [0.5, 0.6) is 0 Å². The van der Waals surface area contributed by atoms with E-state index in [-0.39, 0.29) is 0 Å². The number of rotatable bonds is 3. The summed E-state index contributed by atoms with van der Waals surface area (Å²) < 4.78 is 2.11. The molecule has 0 radical (unpaired) electrons. The second kappa shape index (κ2) is 4.97. The van der Waals surface area contributed by atoms with E-state index < -0.39 is 0 Å². The average Bonchev–Trinajstić information content (AvgIpc) is 2.79. The van der Waals surface area contributed by atoms with Crippen LogP contribution in [0.15, 0.2) is 36.8 Å². The Kier molecular flexibility index (Phi) is 3.17. The molecule has 3 heterocycles. The van der Waals surface area contributed by atoms with Crippen molar-refractivity contribution in [3.63, 3.8) is 0 Å². The molecular weight excluding hydrogens is 260 g/mol. The van der Waals surface area contributed by atoms with E-state index in [1.807, 2.05) is 25.3 Å². The van der Waals surface area contributed by atoms with Crippen LogP contribution in [0.1, 0.15) is 17.1 Å². The molecule has 96 valence electrons. The molecule has 3 aromatic rings. The van der Waals surface area contributed by atoms with E-state index in [4.69, 9.17) is 11.6 Å². The summed E-state index contributed by atoms with van der Waals surface area (Å²) in [7, 11) is 0. The van der Waals surface area contributed by atoms with Crippen LogP contribution in [0.3, 0.4) is 0 Å². The molecule has 5 heteroatoms. The second-order valence-corrected chi connectivity index (χ2v) is 4.69. The third kappa shape index (κ3) is 2.31. The summed E-state index contributed by atoms with van der Waals surface area (Å²) in [5, 5.41) is 0. The summed E-state index contributed by atoms with van der Waals surface area (Å²) in [5.41, 5.74) is 4.07. The van der Waals surface area contributed by atoms with E-state index in [0.29, 0.717) is 5.88 Å². The van der Waals surface area contributed by atoms with Crippen molar-refractivity contribution in [2.75, 3.05) is 0 Å². The zero-order valence-electron chi connectivity index (χ0n) is 10.5. The molecule has 3 aromatic heterocycles. The number of hydrogen-bond donors (Lipinski definition) is 0. The van der Waals surface area contributed by atoms with Gasteiger partial charge in [-0.2, -0.15) is 0 Å². The monoisotopic (exact) mass is 272 g/mol. The highest BCUT2D eigenvalue weighted by Crippen LogP contribution is 2.18. The van der Waals surface area contributed by atoms with E-state index >= 15 is 0 Å². The maximum Gasteiger partial charge on any atom is 0.125 e. The van der Waals surface area contributed by atoms with Crippen molar-refractivity contribution in [1.29, 1.82) is 0 Å². The molecule has 0 aliphatic carbocycles. The lowest BCUT2D eigenvalue weighted by Crippen LogP contribution is -2.04. The first-order valence-electron chi connectivity index (χ1n) is 6.04. The Morgan fingerprint density at radius 3 is 2.84 bits per heavy atom. The van der Waals surface area contributed by atoms with Gasteiger partial charge in [0.25, 0.3) is 0 Å². The van der Waals surface area contributed by atoms with E-state index in [2.05, 4.69) is 25.6 Å². The van der Waals surface area contributed by atoms with Crippen LogP contribution < -0.4 is 0 Å². The number of fused-ring (bicyclic) bond motifs is 1. The van der Waals surface area contributed by atoms with Crippen molar-refractivity contribution >= 4 is 22.6 Å². The highest BCUT2D eigenvalue weighted by atomic mass is 35.5. The minimum atomic E-state index is 0.383. The summed E-state index contributed by atoms with van der Waals surface area (Å²) in [4.78, 5) is 12.9. The van der Waals surface area contributed by atoms with E-state index in [9.17, 15) is 0 Å². The number of aryl methyl sites for hydroxylation is 1. The Morgan fingerprint density at radius 1 is 1.21 bits per heavy atom. The molecule has 0 aliphatic rings. The van der Waals surface area contributed by atoms with Gasteiger partial charge in [-0.25, -0.2) is 4.98 Å². The third-order valence-corrected chi connectivity index (χ3v) is 3.30. The SMILES string of the molecule is Cc1ccc(Cn2c(CCl)nc3cnccc32)cn1. The lowest BCUT2D eigenvalue weighted by Gasteiger charge is -2.07. The van der Waals surface area contributed by atoms with Gasteiger partial charge in [-0.3, -0.25) is 9.97 Å². The summed E-state index contributed by atoms with van der Waals surface area (Å²) in [6.45, 7) is 2.70. The molecule has 0 spiro atoms. The Hall–Kier alpha value is -1.94. The van der Waals surface area contributed by atoms with Gasteiger partial charge >= 0.3 is 0 Å². The van der Waals surface area contributed by atoms with Gasteiger partial charge in [-0.05, 0) is 24.6 Å². The molecule has 0 N–H and O–H groups in total. The first kappa shape index (κ1) is 12.1. The molecule has 0 amide bonds. The van der Waals surface area contributed by atoms with E-state index in [1.165, 1.54) is 0 Å². The molecule has 0 fully saturated rings. The molecule has 19 heavy (non-hydrogen) atoms. The van der Waals surface area contributed by atoms with Crippen molar-refractivity contribution in [3.8, 4) is 0 Å². The molecule has 0 saturated heterocycles. The van der Waals surface area contributed by atoms with Gasteiger partial charge in [0, 0.05) is 18.1 Å². The highest BCUT2D eigenvalue weighted by Gasteiger charge is 2.10. The number of halogens is 1. The van der Waals surface area contributed by atoms with Crippen LogP contribution in [0.2, 0.25) is 0 Å². The largest absolute Gasteiger partial charge is 0.322 e. The van der Waals surface area contributed by atoms with Crippen molar-refractivity contribution in [2.24, 2.45) is 0 Å². The lowest BCUT2D eigenvalue weighted by molar-refractivity contribution is 0.774. The number of hydrogen-bond acceptors (Lipinski definition) is 3. The topological polar surface area (TPSA) is 43.6 Å². The predicted molar refractivity (Wildman–Crippen MR) is 75.2 cm³/mol. The second-order valence-electron chi connectivity index (χ2n) is 4.42. The molecule has 0 atom stereocenters. The minimum Gasteiger partial charge on any atom is -0.322 e. The number of nitrogens with zero attached hydrogens (tertiary/aromatic N) is 4. The molecule has 0 unspecified atom stereocenters. The number of imidazole rings is 1. The summed E-state index contributed by atoms with van der Waals surface area (Å²) >= 11 is 5.98. The maximum atomic E-state index is 5.98. The molecule has 3 rings (SSSR count). The molecule has 0 saturated carbocycles. The zero-order valence-corrected chi connectivity index (χ0v) is 11.3. The lowest BCUT2D eigenvalue weighted by atomic mass is 10.2. The fourth-order valence-electron chi connectivity index (χ4n) is 2.08. The van der Waals surface area contributed by atoms with E-state index in [1.54, 1.807) is 12.4 Å². The van der Waals surface area contributed by atoms with Crippen molar-refractivity contribution in [2.45, 2.75) is 19.3 Å². The summed E-state index contributed by atoms with van der Waals surface area (Å²) in [6.07, 6.45) is 5.42. The van der Waals surface area contributed by atoms with Crippen molar-refractivity contribution in [3.05, 3.63) is 53.9 Å². The van der Waals surface area contributed by atoms with Crippen LogP contribution >= 0.6 is 11.6 Å². The van der Waals surface area contributed by atoms with Gasteiger partial charge in [0.15, 0.2) is 0 Å². The fraction of sp³-hybridized carbons (Fsp3) is 0.214. The van der Waals surface area contributed by atoms with Gasteiger partial charge in [0.1, 0.15) is 11.3 Å². The number of alkyl halides is 1. The minimum absolute atomic E-state index is 0.383. The van der Waals surface area contributed by atoms with E-state index in [0.717, 1.165) is 34.7 Å². The smallest absolute Gasteiger partial charge is 0.125 e. The van der Waals surface area contributed by atoms with Gasteiger partial charge in [-0.1, -0.05) is 6.07 Å². The quantitative estimate of drug-likeness (QED) is 0.689. The normalized spacial score (nSPS) is 11.1. The van der Waals surface area contributed by atoms with Crippen LogP contribution in [0, 0.1) is 6.92 Å². The van der Waals surface area contributed by atoms with Gasteiger partial charge < -0.3 is 4.57 Å². The van der Waals surface area contributed by atoms with Crippen molar-refractivity contribution < 1.29 is 0 Å². The summed E-state index contributed by atoms with van der Waals surface area (Å²) in [6, 6.07) is 6.05. The number of aromatic nitrogens is 4. The van der Waals surface area contributed by atoms with Crippen LogP contribution in [0.25, 0.3) is 11.0 Å². The highest BCUT2D eigenvalue weighted by molar-refractivity contribution is 6.16. The maximum absolute atomic E-state index is 5.98. The van der Waals surface area contributed by atoms with Crippen LogP contribution in [-0.4, -0.2) is 19.5 Å². The molecule has 0 aliphatic heterocycles. The third-order valence-electron chi connectivity index (χ3n) is 3.06. The van der Waals surface area contributed by atoms with Gasteiger partial charge in [-0.15, -0.1) is 11.6 Å².